The van der Waals surface area contributed by atoms with Crippen LogP contribution < -0.4 is 0 Å². The van der Waals surface area contributed by atoms with Crippen LogP contribution in [-0.4, -0.2) is 53.5 Å². The summed E-state index contributed by atoms with van der Waals surface area (Å²) < 4.78 is 83.1. The van der Waals surface area contributed by atoms with Crippen LogP contribution in [0.1, 0.15) is 64.7 Å². The fourth-order valence-corrected chi connectivity index (χ4v) is 9.83. The molecule has 0 bridgehead atoms. The monoisotopic (exact) mass is 728 g/mol. The highest BCUT2D eigenvalue weighted by molar-refractivity contribution is 7.48. The zero-order chi connectivity index (χ0) is 34.3. The van der Waals surface area contributed by atoms with E-state index in [0.29, 0.717) is 12.8 Å². The van der Waals surface area contributed by atoms with Gasteiger partial charge < -0.3 is 19.3 Å². The van der Waals surface area contributed by atoms with Crippen molar-refractivity contribution in [1.29, 1.82) is 0 Å². The number of hydrogen-bond donors (Lipinski definition) is 1. The zero-order valence-electron chi connectivity index (χ0n) is 27.1. The lowest BCUT2D eigenvalue weighted by atomic mass is 9.85. The Morgan fingerprint density at radius 1 is 0.620 bits per heavy atom. The molecule has 8 rings (SSSR count). The Bertz CT molecular complexity index is 1740. The normalized spacial score (nSPS) is 31.0. The third kappa shape index (κ3) is 6.90. The number of rotatable bonds is 6. The van der Waals surface area contributed by atoms with Crippen LogP contribution in [0.25, 0.3) is 0 Å². The van der Waals surface area contributed by atoms with Gasteiger partial charge in [0.05, 0.1) is 32.0 Å². The van der Waals surface area contributed by atoms with Gasteiger partial charge in [-0.3, -0.25) is 27.1 Å². The molecule has 1 saturated heterocycles. The van der Waals surface area contributed by atoms with Crippen molar-refractivity contribution in [3.8, 4) is 0 Å². The number of benzene rings is 3. The first-order valence-corrected chi connectivity index (χ1v) is 19.7. The third-order valence-electron chi connectivity index (χ3n) is 9.79. The molecule has 13 nitrogen and oxygen atoms in total. The van der Waals surface area contributed by atoms with Crippen LogP contribution >= 0.6 is 15.6 Å². The largest absolute Gasteiger partial charge is 0.475 e. The maximum atomic E-state index is 14.3. The first-order chi connectivity index (χ1) is 24.2. The lowest BCUT2D eigenvalue weighted by Gasteiger charge is -2.44. The van der Waals surface area contributed by atoms with Gasteiger partial charge in [0.15, 0.2) is 11.9 Å². The smallest absolute Gasteiger partial charge is 0.453 e. The van der Waals surface area contributed by atoms with Gasteiger partial charge in [-0.1, -0.05) is 73.2 Å². The van der Waals surface area contributed by atoms with E-state index in [1.807, 2.05) is 48.5 Å². The summed E-state index contributed by atoms with van der Waals surface area (Å²) in [4.78, 5) is 13.5. The number of hydrogen-bond acceptors (Lipinski definition) is 13. The van der Waals surface area contributed by atoms with Crippen LogP contribution in [-0.2, 0) is 76.9 Å². The number of ether oxygens (including phenoxy) is 3. The summed E-state index contributed by atoms with van der Waals surface area (Å²) in [6.45, 7) is -0.369. The predicted molar refractivity (Wildman–Crippen MR) is 174 cm³/mol. The Morgan fingerprint density at radius 3 is 1.56 bits per heavy atom. The highest BCUT2D eigenvalue weighted by Crippen LogP contribution is 2.60. The van der Waals surface area contributed by atoms with E-state index in [4.69, 9.17) is 41.4 Å². The molecule has 0 unspecified atom stereocenters. The first-order valence-electron chi connectivity index (χ1n) is 16.8. The van der Waals surface area contributed by atoms with Crippen LogP contribution in [0.3, 0.4) is 0 Å². The fourth-order valence-electron chi connectivity index (χ4n) is 7.17. The van der Waals surface area contributed by atoms with E-state index in [1.54, 1.807) is 30.3 Å². The van der Waals surface area contributed by atoms with Gasteiger partial charge in [0.25, 0.3) is 0 Å². The quantitative estimate of drug-likeness (QED) is 0.217. The molecule has 0 amide bonds. The second kappa shape index (κ2) is 14.0. The van der Waals surface area contributed by atoms with Gasteiger partial charge in [-0.25, -0.2) is 13.9 Å². The van der Waals surface area contributed by atoms with E-state index in [9.17, 15) is 19.0 Å². The minimum absolute atomic E-state index is 0.0794. The average Bonchev–Trinajstić information content (AvgIpc) is 3.29. The van der Waals surface area contributed by atoms with E-state index in [0.717, 1.165) is 41.5 Å². The molecule has 2 aliphatic carbocycles. The van der Waals surface area contributed by atoms with Crippen LogP contribution in [0.5, 0.6) is 0 Å². The summed E-state index contributed by atoms with van der Waals surface area (Å²) in [6, 6.07) is 22.9. The number of carbonyl (C=O) groups is 1. The average molecular weight is 729 g/mol. The number of fused-ring (bicyclic) bond motifs is 3. The Kier molecular flexibility index (Phi) is 9.60. The van der Waals surface area contributed by atoms with Crippen molar-refractivity contribution in [3.05, 3.63) is 107 Å². The molecule has 0 aromatic heterocycles. The fraction of sp³-hybridized carbons (Fsp3) is 0.457. The van der Waals surface area contributed by atoms with E-state index in [2.05, 4.69) is 0 Å². The summed E-state index contributed by atoms with van der Waals surface area (Å²) in [7, 11) is -8.86. The number of phosphoric acid groups is 2. The predicted octanol–water partition coefficient (Wildman–Crippen LogP) is 6.51. The van der Waals surface area contributed by atoms with Gasteiger partial charge in [-0.2, -0.15) is 0 Å². The van der Waals surface area contributed by atoms with Gasteiger partial charge in [-0.05, 0) is 47.2 Å². The van der Waals surface area contributed by atoms with Crippen LogP contribution in [0.4, 0.5) is 0 Å². The van der Waals surface area contributed by atoms with Gasteiger partial charge in [0, 0.05) is 12.8 Å². The molecule has 15 heteroatoms. The third-order valence-corrected chi connectivity index (χ3v) is 12.6. The minimum Gasteiger partial charge on any atom is -0.453 e. The highest BCUT2D eigenvalue weighted by Gasteiger charge is 2.65. The van der Waals surface area contributed by atoms with Gasteiger partial charge in [0.2, 0.25) is 0 Å². The Morgan fingerprint density at radius 2 is 1.06 bits per heavy atom. The second-order valence-electron chi connectivity index (χ2n) is 13.0. The van der Waals surface area contributed by atoms with Gasteiger partial charge in [0.1, 0.15) is 30.5 Å². The molecule has 3 aliphatic heterocycles. The molecule has 5 aliphatic rings. The number of carbonyl (C=O) groups excluding carboxylic acids is 1. The van der Waals surface area contributed by atoms with Crippen molar-refractivity contribution in [1.82, 2.24) is 0 Å². The standard InChI is InChI=1S/C35H38O13P2/c36-28-29(44-34(37)23-11-3-1-4-12-23)31-32(46-35(45-31)17-9-2-10-18-35)33(48-50(39)42-21-26-15-7-8-16-27(26)22-43-50)30(28)47-49(38)40-19-24-13-5-6-14-25(24)20-41-49/h1,3-8,11-16,28-33,36H,2,9-10,17-22H2/t28-,29-,30+,31-,32-,33-/m0/s1. The van der Waals surface area contributed by atoms with E-state index in [1.165, 1.54) is 0 Å². The van der Waals surface area contributed by atoms with Crippen molar-refractivity contribution in [2.75, 3.05) is 0 Å². The molecule has 1 N–H and O–H groups in total. The van der Waals surface area contributed by atoms with E-state index >= 15 is 0 Å². The number of aliphatic hydroxyl groups is 1. The van der Waals surface area contributed by atoms with Crippen LogP contribution in [0, 0.1) is 0 Å². The Hall–Kier alpha value is -2.77. The Labute approximate surface area is 289 Å². The lowest BCUT2D eigenvalue weighted by molar-refractivity contribution is -0.202. The minimum atomic E-state index is -4.46. The van der Waals surface area contributed by atoms with Crippen LogP contribution in [0.2, 0.25) is 0 Å². The number of phosphoric ester groups is 2. The maximum absolute atomic E-state index is 14.3. The molecule has 3 fully saturated rings. The molecule has 0 radical (unpaired) electrons. The van der Waals surface area contributed by atoms with Crippen molar-refractivity contribution >= 4 is 21.6 Å². The van der Waals surface area contributed by atoms with Gasteiger partial charge in [-0.15, -0.1) is 0 Å². The van der Waals surface area contributed by atoms with Crippen LogP contribution in [0.15, 0.2) is 78.9 Å². The molecule has 266 valence electrons. The van der Waals surface area contributed by atoms with Crippen molar-refractivity contribution in [2.45, 2.75) is 101 Å². The van der Waals surface area contributed by atoms with Crippen molar-refractivity contribution < 1.29 is 60.4 Å². The molecule has 2 saturated carbocycles. The lowest BCUT2D eigenvalue weighted by Crippen LogP contribution is -2.64. The Balaban J connectivity index is 1.15. The molecular formula is C35H38O13P2. The molecule has 3 heterocycles. The zero-order valence-corrected chi connectivity index (χ0v) is 28.9. The van der Waals surface area contributed by atoms with Crippen molar-refractivity contribution in [2.24, 2.45) is 0 Å². The summed E-state index contributed by atoms with van der Waals surface area (Å²) in [5.74, 6) is -1.83. The molecule has 6 atom stereocenters. The maximum Gasteiger partial charge on any atom is 0.475 e. The first kappa shape index (κ1) is 34.3. The van der Waals surface area contributed by atoms with Gasteiger partial charge >= 0.3 is 21.6 Å². The summed E-state index contributed by atoms with van der Waals surface area (Å²) in [5, 5.41) is 12.1. The molecule has 50 heavy (non-hydrogen) atoms. The van der Waals surface area contributed by atoms with E-state index < -0.39 is 64.0 Å². The SMILES string of the molecule is O=C(O[C@H]1[C@H](O)[C@@H](OP2(=O)OCc3ccccc3CO2)[C@H](OP2(=O)OCc3ccccc3CO2)[C@H]2OC3(CCCCC3)O[C@H]21)c1ccccc1. The summed E-state index contributed by atoms with van der Waals surface area (Å²) in [5.41, 5.74) is 3.26. The van der Waals surface area contributed by atoms with E-state index in [-0.39, 0.29) is 32.0 Å². The summed E-state index contributed by atoms with van der Waals surface area (Å²) in [6.07, 6.45) is -4.87. The molecule has 3 aromatic carbocycles. The molecule has 1 spiro atoms. The highest BCUT2D eigenvalue weighted by atomic mass is 31.2. The molecular weight excluding hydrogens is 690 g/mol. The number of aliphatic hydroxyl groups excluding tert-OH is 1. The van der Waals surface area contributed by atoms with Crippen molar-refractivity contribution in [3.63, 3.8) is 0 Å². The summed E-state index contributed by atoms with van der Waals surface area (Å²) >= 11 is 0. The second-order valence-corrected chi connectivity index (χ2v) is 16.3. The molecule has 3 aromatic rings. The topological polar surface area (TPSA) is 155 Å². The number of esters is 1.